The molecule has 2 saturated heterocycles. The van der Waals surface area contributed by atoms with E-state index in [1.54, 1.807) is 32.6 Å². The summed E-state index contributed by atoms with van der Waals surface area (Å²) in [4.78, 5) is 1.61. The smallest absolute Gasteiger partial charge is 0.398 e. The summed E-state index contributed by atoms with van der Waals surface area (Å²) >= 11 is 0. The van der Waals surface area contributed by atoms with Crippen molar-refractivity contribution in [3.63, 3.8) is 0 Å². The first-order valence-corrected chi connectivity index (χ1v) is 8.61. The molecule has 2 N–H and O–H groups in total. The van der Waals surface area contributed by atoms with E-state index in [2.05, 4.69) is 0 Å². The molecule has 1 unspecified atom stereocenters. The highest BCUT2D eigenvalue weighted by Crippen LogP contribution is 2.41. The van der Waals surface area contributed by atoms with E-state index in [1.807, 2.05) is 0 Å². The Balaban J connectivity index is 2.23. The summed E-state index contributed by atoms with van der Waals surface area (Å²) in [7, 11) is -1.64. The van der Waals surface area contributed by atoms with E-state index in [0.717, 1.165) is 12.8 Å². The zero-order valence-corrected chi connectivity index (χ0v) is 15.3. The van der Waals surface area contributed by atoms with Crippen LogP contribution in [-0.4, -0.2) is 55.6 Å². The van der Waals surface area contributed by atoms with Gasteiger partial charge in [-0.2, -0.15) is 13.2 Å². The summed E-state index contributed by atoms with van der Waals surface area (Å²) in [6, 6.07) is 0. The number of rotatable bonds is 4. The second-order valence-corrected chi connectivity index (χ2v) is 7.89. The molecule has 2 aliphatic heterocycles. The number of halogens is 4. The summed E-state index contributed by atoms with van der Waals surface area (Å²) in [5, 5.41) is 0. The molecular formula is C16H27BF4N2O2. The second kappa shape index (κ2) is 7.17. The van der Waals surface area contributed by atoms with Crippen LogP contribution in [0.2, 0.25) is 0 Å². The highest BCUT2D eigenvalue weighted by Gasteiger charge is 2.55. The standard InChI is InChI=1S/C16H27BF4N2O2/c1-14(2)15(3,4)25-17(24-14)13(18)12(16(19,20)21)10-23-7-5-6-11(8-22)9-23/h11H,5-10,22H2,1-4H3. The Kier molecular flexibility index (Phi) is 5.93. The Hall–Kier alpha value is -0.635. The fourth-order valence-electron chi connectivity index (χ4n) is 3.10. The van der Waals surface area contributed by atoms with Crippen molar-refractivity contribution >= 4 is 7.12 Å². The predicted molar refractivity (Wildman–Crippen MR) is 88.5 cm³/mol. The minimum absolute atomic E-state index is 0.142. The zero-order chi connectivity index (χ0) is 19.0. The van der Waals surface area contributed by atoms with Crippen LogP contribution in [0.25, 0.3) is 0 Å². The van der Waals surface area contributed by atoms with Crippen LogP contribution in [0.5, 0.6) is 0 Å². The van der Waals surface area contributed by atoms with E-state index in [-0.39, 0.29) is 5.92 Å². The summed E-state index contributed by atoms with van der Waals surface area (Å²) in [6.07, 6.45) is -3.15. The quantitative estimate of drug-likeness (QED) is 0.614. The van der Waals surface area contributed by atoms with Crippen molar-refractivity contribution in [2.24, 2.45) is 11.7 Å². The van der Waals surface area contributed by atoms with E-state index in [0.29, 0.717) is 19.6 Å². The van der Waals surface area contributed by atoms with Gasteiger partial charge in [-0.25, -0.2) is 4.39 Å². The molecule has 1 atom stereocenters. The van der Waals surface area contributed by atoms with Gasteiger partial charge in [0.1, 0.15) is 5.73 Å². The number of hydrogen-bond donors (Lipinski definition) is 1. The number of nitrogens with two attached hydrogens (primary N) is 1. The summed E-state index contributed by atoms with van der Waals surface area (Å²) in [5.41, 5.74) is 1.20. The van der Waals surface area contributed by atoms with Gasteiger partial charge in [0.2, 0.25) is 0 Å². The van der Waals surface area contributed by atoms with Gasteiger partial charge in [0.05, 0.1) is 16.8 Å². The third kappa shape index (κ3) is 4.56. The zero-order valence-electron chi connectivity index (χ0n) is 15.3. The molecule has 0 spiro atoms. The van der Waals surface area contributed by atoms with Crippen LogP contribution >= 0.6 is 0 Å². The van der Waals surface area contributed by atoms with Crippen molar-refractivity contribution in [3.8, 4) is 0 Å². The molecule has 0 aliphatic carbocycles. The first-order chi connectivity index (χ1) is 11.4. The summed E-state index contributed by atoms with van der Waals surface area (Å²) < 4.78 is 66.1. The van der Waals surface area contributed by atoms with Crippen molar-refractivity contribution in [3.05, 3.63) is 11.3 Å². The highest BCUT2D eigenvalue weighted by molar-refractivity contribution is 6.53. The van der Waals surface area contributed by atoms with E-state index in [4.69, 9.17) is 15.0 Å². The molecule has 2 fully saturated rings. The Morgan fingerprint density at radius 3 is 2.24 bits per heavy atom. The lowest BCUT2D eigenvalue weighted by atomic mass is 9.84. The van der Waals surface area contributed by atoms with Crippen LogP contribution in [0.1, 0.15) is 40.5 Å². The van der Waals surface area contributed by atoms with Gasteiger partial charge in [0, 0.05) is 13.1 Å². The molecule has 4 nitrogen and oxygen atoms in total. The van der Waals surface area contributed by atoms with Gasteiger partial charge < -0.3 is 15.0 Å². The Bertz CT molecular complexity index is 507. The predicted octanol–water partition coefficient (Wildman–Crippen LogP) is 3.07. The molecule has 0 aromatic rings. The molecular weight excluding hydrogens is 339 g/mol. The van der Waals surface area contributed by atoms with Crippen molar-refractivity contribution < 1.29 is 26.9 Å². The minimum atomic E-state index is -4.79. The SMILES string of the molecule is CC1(C)OB(C(F)=C(CN2CCCC(CN)C2)C(F)(F)F)OC1(C)C. The van der Waals surface area contributed by atoms with Crippen LogP contribution in [-0.2, 0) is 9.31 Å². The molecule has 0 radical (unpaired) electrons. The molecule has 0 amide bonds. The molecule has 25 heavy (non-hydrogen) atoms. The summed E-state index contributed by atoms with van der Waals surface area (Å²) in [5.74, 6) is 0.142. The molecule has 9 heteroatoms. The molecule has 2 rings (SSSR count). The normalized spacial score (nSPS) is 28.2. The third-order valence-corrected chi connectivity index (χ3v) is 5.41. The number of likely N-dealkylation sites (tertiary alicyclic amines) is 1. The monoisotopic (exact) mass is 366 g/mol. The molecule has 2 aliphatic rings. The fraction of sp³-hybridized carbons (Fsp3) is 0.875. The van der Waals surface area contributed by atoms with Crippen molar-refractivity contribution in [1.29, 1.82) is 0 Å². The minimum Gasteiger partial charge on any atom is -0.398 e. The second-order valence-electron chi connectivity index (χ2n) is 7.89. The first-order valence-electron chi connectivity index (χ1n) is 8.61. The fourth-order valence-corrected chi connectivity index (χ4v) is 3.10. The van der Waals surface area contributed by atoms with Gasteiger partial charge in [0.25, 0.3) is 0 Å². The van der Waals surface area contributed by atoms with E-state index < -0.39 is 42.3 Å². The first kappa shape index (κ1) is 20.7. The van der Waals surface area contributed by atoms with Gasteiger partial charge in [0.15, 0.2) is 0 Å². The molecule has 144 valence electrons. The van der Waals surface area contributed by atoms with Crippen LogP contribution in [0.15, 0.2) is 11.3 Å². The van der Waals surface area contributed by atoms with Gasteiger partial charge in [-0.3, -0.25) is 4.90 Å². The van der Waals surface area contributed by atoms with Crippen LogP contribution in [0.4, 0.5) is 17.6 Å². The molecule has 2 heterocycles. The topological polar surface area (TPSA) is 47.7 Å². The Morgan fingerprint density at radius 1 is 1.20 bits per heavy atom. The number of hydrogen-bond acceptors (Lipinski definition) is 4. The van der Waals surface area contributed by atoms with Gasteiger partial charge in [-0.05, 0) is 59.5 Å². The van der Waals surface area contributed by atoms with Gasteiger partial charge in [-0.15, -0.1) is 0 Å². The van der Waals surface area contributed by atoms with Crippen LogP contribution in [0, 0.1) is 5.92 Å². The lowest BCUT2D eigenvalue weighted by Gasteiger charge is -2.33. The molecule has 0 bridgehead atoms. The van der Waals surface area contributed by atoms with E-state index in [9.17, 15) is 17.6 Å². The maximum Gasteiger partial charge on any atom is 0.525 e. The van der Waals surface area contributed by atoms with Crippen molar-refractivity contribution in [2.75, 3.05) is 26.2 Å². The maximum absolute atomic E-state index is 14.7. The molecule has 0 aromatic heterocycles. The number of nitrogens with zero attached hydrogens (tertiary/aromatic N) is 1. The molecule has 0 saturated carbocycles. The maximum atomic E-state index is 14.7. The average molecular weight is 366 g/mol. The van der Waals surface area contributed by atoms with Crippen LogP contribution < -0.4 is 5.73 Å². The van der Waals surface area contributed by atoms with Crippen molar-refractivity contribution in [2.45, 2.75) is 57.9 Å². The van der Waals surface area contributed by atoms with E-state index >= 15 is 0 Å². The third-order valence-electron chi connectivity index (χ3n) is 5.41. The largest absolute Gasteiger partial charge is 0.525 e. The summed E-state index contributed by atoms with van der Waals surface area (Å²) in [6.45, 7) is 7.51. The van der Waals surface area contributed by atoms with Gasteiger partial charge >= 0.3 is 13.3 Å². The number of alkyl halides is 3. The van der Waals surface area contributed by atoms with Crippen molar-refractivity contribution in [1.82, 2.24) is 4.90 Å². The van der Waals surface area contributed by atoms with Gasteiger partial charge in [-0.1, -0.05) is 0 Å². The van der Waals surface area contributed by atoms with E-state index in [1.165, 1.54) is 0 Å². The Morgan fingerprint density at radius 2 is 1.76 bits per heavy atom. The average Bonchev–Trinajstić information content (AvgIpc) is 2.71. The highest BCUT2D eigenvalue weighted by atomic mass is 19.4. The lowest BCUT2D eigenvalue weighted by Crippen LogP contribution is -2.41. The lowest BCUT2D eigenvalue weighted by molar-refractivity contribution is -0.0981. The molecule has 0 aromatic carbocycles. The Labute approximate surface area is 146 Å². The van der Waals surface area contributed by atoms with Crippen LogP contribution in [0.3, 0.4) is 0 Å². The number of piperidine rings is 1.